The molecule has 7 heteroatoms. The Morgan fingerprint density at radius 1 is 1.11 bits per heavy atom. The van der Waals surface area contributed by atoms with Gasteiger partial charge in [0, 0.05) is 45.9 Å². The number of unbranched alkanes of at least 4 members (excludes halogenated alkanes) is 1. The van der Waals surface area contributed by atoms with Crippen molar-refractivity contribution in [3.05, 3.63) is 35.9 Å². The van der Waals surface area contributed by atoms with Crippen molar-refractivity contribution in [2.45, 2.75) is 89.5 Å². The van der Waals surface area contributed by atoms with E-state index in [9.17, 15) is 14.7 Å². The van der Waals surface area contributed by atoms with E-state index in [-0.39, 0.29) is 12.1 Å². The number of carbonyl (C=O) groups is 2. The molecule has 2 aliphatic rings. The Morgan fingerprint density at radius 2 is 1.86 bits per heavy atom. The molecule has 3 amide bonds. The quantitative estimate of drug-likeness (QED) is 0.300. The number of benzene rings is 1. The number of nitrogens with one attached hydrogen (secondary N) is 1. The van der Waals surface area contributed by atoms with Crippen molar-refractivity contribution in [2.75, 3.05) is 39.9 Å². The van der Waals surface area contributed by atoms with E-state index in [1.165, 1.54) is 42.6 Å². The number of amides is 3. The Hall–Kier alpha value is -2.28. The third-order valence-corrected chi connectivity index (χ3v) is 8.29. The molecule has 2 fully saturated rings. The van der Waals surface area contributed by atoms with Crippen LogP contribution in [0.15, 0.2) is 30.3 Å². The number of likely N-dealkylation sites (N-methyl/N-ethyl adjacent to an activating group) is 1. The zero-order chi connectivity index (χ0) is 26.5. The van der Waals surface area contributed by atoms with Crippen molar-refractivity contribution in [1.29, 1.82) is 0 Å². The topological polar surface area (TPSA) is 82.1 Å². The standard InChI is InChI=1S/C30H49N3O4/c1-3-37-20-11-10-18-28(25-15-8-5-9-16-25)26-17-12-19-33(22-26)29(34)31-27(23-32(2)30(35)36)21-24-13-6-4-7-14-24/h5,8-9,15-16,24,26-28H,3-4,6-7,10-14,17-23H2,1-2H3,(H,31,34)(H,35,36)/t26-,27-,28+/m1/s1. The Morgan fingerprint density at radius 3 is 2.57 bits per heavy atom. The molecular weight excluding hydrogens is 466 g/mol. The molecule has 0 radical (unpaired) electrons. The van der Waals surface area contributed by atoms with Crippen LogP contribution in [-0.2, 0) is 4.74 Å². The van der Waals surface area contributed by atoms with Crippen LogP contribution in [0.2, 0.25) is 0 Å². The molecular formula is C30H49N3O4. The van der Waals surface area contributed by atoms with Gasteiger partial charge in [-0.15, -0.1) is 0 Å². The summed E-state index contributed by atoms with van der Waals surface area (Å²) in [6, 6.07) is 10.6. The normalized spacial score (nSPS) is 20.3. The van der Waals surface area contributed by atoms with Gasteiger partial charge >= 0.3 is 12.1 Å². The van der Waals surface area contributed by atoms with Crippen molar-refractivity contribution in [3.8, 4) is 0 Å². The minimum Gasteiger partial charge on any atom is -0.465 e. The molecule has 0 spiro atoms. The minimum absolute atomic E-state index is 0.0348. The summed E-state index contributed by atoms with van der Waals surface area (Å²) in [5, 5.41) is 12.7. The number of hydrogen-bond acceptors (Lipinski definition) is 3. The Labute approximate surface area is 223 Å². The van der Waals surface area contributed by atoms with Crippen LogP contribution >= 0.6 is 0 Å². The van der Waals surface area contributed by atoms with Gasteiger partial charge in [-0.2, -0.15) is 0 Å². The fourth-order valence-corrected chi connectivity index (χ4v) is 6.29. The van der Waals surface area contributed by atoms with Gasteiger partial charge in [0.2, 0.25) is 0 Å². The van der Waals surface area contributed by atoms with E-state index < -0.39 is 6.09 Å². The zero-order valence-electron chi connectivity index (χ0n) is 23.1. The molecule has 208 valence electrons. The summed E-state index contributed by atoms with van der Waals surface area (Å²) in [5.74, 6) is 1.41. The molecule has 0 unspecified atom stereocenters. The van der Waals surface area contributed by atoms with E-state index in [1.54, 1.807) is 7.05 Å². The summed E-state index contributed by atoms with van der Waals surface area (Å²) in [5.41, 5.74) is 1.37. The lowest BCUT2D eigenvalue weighted by Gasteiger charge is -2.38. The van der Waals surface area contributed by atoms with Crippen LogP contribution < -0.4 is 5.32 Å². The van der Waals surface area contributed by atoms with Crippen LogP contribution in [0.1, 0.15) is 89.0 Å². The Balaban J connectivity index is 1.63. The molecule has 0 aromatic heterocycles. The molecule has 7 nitrogen and oxygen atoms in total. The average molecular weight is 516 g/mol. The van der Waals surface area contributed by atoms with Crippen LogP contribution in [-0.4, -0.2) is 73.0 Å². The van der Waals surface area contributed by atoms with Gasteiger partial charge in [-0.05, 0) is 62.3 Å². The van der Waals surface area contributed by atoms with E-state index in [2.05, 4.69) is 35.6 Å². The molecule has 1 saturated heterocycles. The summed E-state index contributed by atoms with van der Waals surface area (Å²) < 4.78 is 5.55. The molecule has 3 atom stereocenters. The summed E-state index contributed by atoms with van der Waals surface area (Å²) >= 11 is 0. The molecule has 1 heterocycles. The lowest BCUT2D eigenvalue weighted by Crippen LogP contribution is -2.52. The minimum atomic E-state index is -0.948. The maximum atomic E-state index is 13.5. The van der Waals surface area contributed by atoms with Crippen molar-refractivity contribution in [2.24, 2.45) is 11.8 Å². The number of likely N-dealkylation sites (tertiary alicyclic amines) is 1. The molecule has 2 N–H and O–H groups in total. The van der Waals surface area contributed by atoms with E-state index >= 15 is 0 Å². The number of urea groups is 1. The number of carboxylic acid groups (broad SMARTS) is 1. The van der Waals surface area contributed by atoms with Crippen LogP contribution in [0.4, 0.5) is 9.59 Å². The van der Waals surface area contributed by atoms with Crippen molar-refractivity contribution in [3.63, 3.8) is 0 Å². The molecule has 1 aliphatic carbocycles. The van der Waals surface area contributed by atoms with Crippen LogP contribution in [0, 0.1) is 11.8 Å². The third-order valence-electron chi connectivity index (χ3n) is 8.29. The Bertz CT molecular complexity index is 799. The lowest BCUT2D eigenvalue weighted by molar-refractivity contribution is 0.132. The number of hydrogen-bond donors (Lipinski definition) is 2. The first-order chi connectivity index (χ1) is 18.0. The lowest BCUT2D eigenvalue weighted by atomic mass is 9.78. The smallest absolute Gasteiger partial charge is 0.407 e. The summed E-state index contributed by atoms with van der Waals surface area (Å²) in [6.45, 7) is 5.46. The second-order valence-corrected chi connectivity index (χ2v) is 11.1. The van der Waals surface area contributed by atoms with Gasteiger partial charge < -0.3 is 25.0 Å². The van der Waals surface area contributed by atoms with Crippen LogP contribution in [0.25, 0.3) is 0 Å². The number of piperidine rings is 1. The van der Waals surface area contributed by atoms with Gasteiger partial charge in [0.1, 0.15) is 0 Å². The van der Waals surface area contributed by atoms with E-state index in [4.69, 9.17) is 4.74 Å². The molecule has 37 heavy (non-hydrogen) atoms. The highest BCUT2D eigenvalue weighted by Crippen LogP contribution is 2.36. The summed E-state index contributed by atoms with van der Waals surface area (Å²) in [6.07, 6.45) is 11.4. The first kappa shape index (κ1) is 29.3. The first-order valence-corrected chi connectivity index (χ1v) is 14.6. The highest BCUT2D eigenvalue weighted by Gasteiger charge is 2.32. The number of ether oxygens (including phenoxy) is 1. The van der Waals surface area contributed by atoms with Crippen molar-refractivity contribution in [1.82, 2.24) is 15.1 Å². The second-order valence-electron chi connectivity index (χ2n) is 11.1. The van der Waals surface area contributed by atoms with E-state index in [0.29, 0.717) is 24.3 Å². The van der Waals surface area contributed by atoms with Gasteiger partial charge in [-0.1, -0.05) is 68.9 Å². The molecule has 1 aliphatic heterocycles. The molecule has 1 saturated carbocycles. The molecule has 1 aromatic rings. The third kappa shape index (κ3) is 9.84. The SMILES string of the molecule is CCOCCCC[C@@H](c1ccccc1)[C@@H]1CCCN(C(=O)N[C@H](CC2CCCCC2)CN(C)C(=O)O)C1. The fraction of sp³-hybridized carbons (Fsp3) is 0.733. The Kier molecular flexibility index (Phi) is 12.5. The van der Waals surface area contributed by atoms with Crippen LogP contribution in [0.5, 0.6) is 0 Å². The van der Waals surface area contributed by atoms with E-state index in [1.807, 2.05) is 11.8 Å². The van der Waals surface area contributed by atoms with Gasteiger partial charge in [-0.3, -0.25) is 0 Å². The highest BCUT2D eigenvalue weighted by molar-refractivity contribution is 5.75. The highest BCUT2D eigenvalue weighted by atomic mass is 16.5. The van der Waals surface area contributed by atoms with Gasteiger partial charge in [0.25, 0.3) is 0 Å². The first-order valence-electron chi connectivity index (χ1n) is 14.6. The van der Waals surface area contributed by atoms with Crippen molar-refractivity contribution >= 4 is 12.1 Å². The average Bonchev–Trinajstić information content (AvgIpc) is 2.91. The van der Waals surface area contributed by atoms with Crippen LogP contribution in [0.3, 0.4) is 0 Å². The largest absolute Gasteiger partial charge is 0.465 e. The predicted molar refractivity (Wildman–Crippen MR) is 148 cm³/mol. The van der Waals surface area contributed by atoms with Gasteiger partial charge in [0.05, 0.1) is 0 Å². The number of rotatable bonds is 13. The number of nitrogens with zero attached hydrogens (tertiary/aromatic N) is 2. The van der Waals surface area contributed by atoms with Gasteiger partial charge in [-0.25, -0.2) is 9.59 Å². The molecule has 3 rings (SSSR count). The van der Waals surface area contributed by atoms with Crippen molar-refractivity contribution < 1.29 is 19.4 Å². The maximum absolute atomic E-state index is 13.5. The zero-order valence-corrected chi connectivity index (χ0v) is 23.1. The fourth-order valence-electron chi connectivity index (χ4n) is 6.29. The predicted octanol–water partition coefficient (Wildman–Crippen LogP) is 6.35. The second kappa shape index (κ2) is 15.9. The maximum Gasteiger partial charge on any atom is 0.407 e. The molecule has 1 aromatic carbocycles. The summed E-state index contributed by atoms with van der Waals surface area (Å²) in [4.78, 5) is 28.3. The van der Waals surface area contributed by atoms with Gasteiger partial charge in [0.15, 0.2) is 0 Å². The van der Waals surface area contributed by atoms with E-state index in [0.717, 1.165) is 64.8 Å². The summed E-state index contributed by atoms with van der Waals surface area (Å²) in [7, 11) is 1.59. The monoisotopic (exact) mass is 515 g/mol. The number of carbonyl (C=O) groups excluding carboxylic acids is 1. The molecule has 0 bridgehead atoms.